The number of rotatable bonds is 6. The summed E-state index contributed by atoms with van der Waals surface area (Å²) in [6, 6.07) is 1.58. The van der Waals surface area contributed by atoms with E-state index in [1.54, 1.807) is 42.7 Å². The highest BCUT2D eigenvalue weighted by atomic mass is 16.5. The van der Waals surface area contributed by atoms with Crippen LogP contribution in [0.4, 0.5) is 11.5 Å². The molecule has 3 aromatic heterocycles. The molecule has 27 heavy (non-hydrogen) atoms. The van der Waals surface area contributed by atoms with E-state index >= 15 is 0 Å². The fraction of sp³-hybridized carbons (Fsp3) is 0.188. The number of hydrogen-bond acceptors (Lipinski definition) is 6. The number of carbonyl (C=O) groups is 3. The largest absolute Gasteiger partial charge is 0.394 e. The second-order valence-corrected chi connectivity index (χ2v) is 5.73. The minimum absolute atomic E-state index is 0.0511. The molecule has 11 heteroatoms. The molecule has 3 rings (SSSR count). The number of anilines is 2. The highest BCUT2D eigenvalue weighted by Crippen LogP contribution is 2.17. The SMILES string of the molecule is Cn1cc(NC(=O)c2nccn2C)cc1C(=O)Nc1cn(C)c(OC=O)n1. The molecule has 0 fully saturated rings. The molecule has 0 radical (unpaired) electrons. The van der Waals surface area contributed by atoms with Crippen LogP contribution in [-0.2, 0) is 25.9 Å². The maximum absolute atomic E-state index is 12.5. The van der Waals surface area contributed by atoms with Crippen LogP contribution >= 0.6 is 0 Å². The minimum Gasteiger partial charge on any atom is -0.394 e. The Morgan fingerprint density at radius 3 is 2.52 bits per heavy atom. The zero-order chi connectivity index (χ0) is 19.6. The molecule has 0 aliphatic heterocycles. The van der Waals surface area contributed by atoms with E-state index in [2.05, 4.69) is 25.3 Å². The second kappa shape index (κ2) is 7.15. The molecule has 0 bridgehead atoms. The third kappa shape index (κ3) is 3.71. The highest BCUT2D eigenvalue weighted by molar-refractivity contribution is 6.05. The lowest BCUT2D eigenvalue weighted by molar-refractivity contribution is -0.121. The van der Waals surface area contributed by atoms with Gasteiger partial charge < -0.3 is 29.1 Å². The Kier molecular flexibility index (Phi) is 4.75. The van der Waals surface area contributed by atoms with Crippen LogP contribution in [0.5, 0.6) is 6.01 Å². The molecular formula is C16H17N7O4. The van der Waals surface area contributed by atoms with Gasteiger partial charge in [0.2, 0.25) is 0 Å². The average molecular weight is 371 g/mol. The molecule has 0 aromatic carbocycles. The summed E-state index contributed by atoms with van der Waals surface area (Å²) in [4.78, 5) is 43.1. The topological polar surface area (TPSA) is 125 Å². The smallest absolute Gasteiger partial charge is 0.305 e. The predicted octanol–water partition coefficient (Wildman–Crippen LogP) is 0.532. The Bertz CT molecular complexity index is 1010. The lowest BCUT2D eigenvalue weighted by atomic mass is 10.3. The molecule has 3 heterocycles. The fourth-order valence-electron chi connectivity index (χ4n) is 2.47. The van der Waals surface area contributed by atoms with E-state index in [-0.39, 0.29) is 30.0 Å². The summed E-state index contributed by atoms with van der Waals surface area (Å²) >= 11 is 0. The van der Waals surface area contributed by atoms with Gasteiger partial charge in [0.25, 0.3) is 11.8 Å². The third-order valence-electron chi connectivity index (χ3n) is 3.75. The average Bonchev–Trinajstić information content (AvgIpc) is 3.28. The third-order valence-corrected chi connectivity index (χ3v) is 3.75. The van der Waals surface area contributed by atoms with Crippen LogP contribution in [0, 0.1) is 0 Å². The van der Waals surface area contributed by atoms with Crippen molar-refractivity contribution in [1.29, 1.82) is 0 Å². The number of hydrogen-bond donors (Lipinski definition) is 2. The predicted molar refractivity (Wildman–Crippen MR) is 94.4 cm³/mol. The fourth-order valence-corrected chi connectivity index (χ4v) is 2.47. The van der Waals surface area contributed by atoms with Gasteiger partial charge in [0.05, 0.1) is 11.9 Å². The first-order chi connectivity index (χ1) is 12.9. The van der Waals surface area contributed by atoms with E-state index < -0.39 is 5.91 Å². The number of nitrogens with zero attached hydrogens (tertiary/aromatic N) is 5. The van der Waals surface area contributed by atoms with Gasteiger partial charge in [0.1, 0.15) is 5.69 Å². The van der Waals surface area contributed by atoms with Crippen molar-refractivity contribution >= 4 is 29.8 Å². The minimum atomic E-state index is -0.439. The summed E-state index contributed by atoms with van der Waals surface area (Å²) in [7, 11) is 5.00. The van der Waals surface area contributed by atoms with Crippen molar-refractivity contribution < 1.29 is 19.1 Å². The van der Waals surface area contributed by atoms with Crippen LogP contribution in [0.2, 0.25) is 0 Å². The summed E-state index contributed by atoms with van der Waals surface area (Å²) in [5.74, 6) is -0.355. The molecule has 0 saturated carbocycles. The number of aryl methyl sites for hydroxylation is 3. The number of ether oxygens (including phenoxy) is 1. The molecule has 2 N–H and O–H groups in total. The monoisotopic (exact) mass is 371 g/mol. The van der Waals surface area contributed by atoms with Gasteiger partial charge in [0, 0.05) is 39.7 Å². The zero-order valence-corrected chi connectivity index (χ0v) is 14.8. The van der Waals surface area contributed by atoms with Crippen LogP contribution in [0.15, 0.2) is 30.9 Å². The lowest BCUT2D eigenvalue weighted by Crippen LogP contribution is -2.16. The quantitative estimate of drug-likeness (QED) is 0.609. The Morgan fingerprint density at radius 1 is 1.07 bits per heavy atom. The van der Waals surface area contributed by atoms with Gasteiger partial charge in [-0.25, -0.2) is 4.98 Å². The Morgan fingerprint density at radius 2 is 1.85 bits per heavy atom. The zero-order valence-electron chi connectivity index (χ0n) is 14.8. The molecule has 0 unspecified atom stereocenters. The van der Waals surface area contributed by atoms with E-state index in [1.165, 1.54) is 23.0 Å². The van der Waals surface area contributed by atoms with Crippen molar-refractivity contribution in [3.63, 3.8) is 0 Å². The summed E-state index contributed by atoms with van der Waals surface area (Å²) in [6.45, 7) is 0.252. The van der Waals surface area contributed by atoms with E-state index in [9.17, 15) is 14.4 Å². The molecule has 3 aromatic rings. The molecule has 0 saturated heterocycles. The van der Waals surface area contributed by atoms with Crippen LogP contribution in [0.3, 0.4) is 0 Å². The van der Waals surface area contributed by atoms with Crippen molar-refractivity contribution in [2.45, 2.75) is 0 Å². The van der Waals surface area contributed by atoms with Gasteiger partial charge in [-0.2, -0.15) is 4.98 Å². The van der Waals surface area contributed by atoms with E-state index in [0.717, 1.165) is 0 Å². The Hall–Kier alpha value is -3.89. The number of amides is 2. The molecular weight excluding hydrogens is 354 g/mol. The summed E-state index contributed by atoms with van der Waals surface area (Å²) in [5, 5.41) is 5.30. The molecule has 0 aliphatic rings. The van der Waals surface area contributed by atoms with Crippen molar-refractivity contribution in [3.05, 3.63) is 42.4 Å². The Labute approximate surface area is 153 Å². The van der Waals surface area contributed by atoms with Crippen molar-refractivity contribution in [2.24, 2.45) is 21.1 Å². The van der Waals surface area contributed by atoms with Gasteiger partial charge >= 0.3 is 12.5 Å². The molecule has 0 atom stereocenters. The first kappa shape index (κ1) is 17.9. The van der Waals surface area contributed by atoms with Gasteiger partial charge in [-0.3, -0.25) is 14.4 Å². The molecule has 11 nitrogen and oxygen atoms in total. The first-order valence-corrected chi connectivity index (χ1v) is 7.79. The Balaban J connectivity index is 1.73. The number of aromatic nitrogens is 5. The van der Waals surface area contributed by atoms with Gasteiger partial charge in [-0.1, -0.05) is 0 Å². The van der Waals surface area contributed by atoms with Crippen LogP contribution in [0.1, 0.15) is 21.1 Å². The molecule has 140 valence electrons. The van der Waals surface area contributed by atoms with Crippen molar-refractivity contribution in [2.75, 3.05) is 10.6 Å². The lowest BCUT2D eigenvalue weighted by Gasteiger charge is -2.02. The summed E-state index contributed by atoms with van der Waals surface area (Å²) < 4.78 is 9.29. The van der Waals surface area contributed by atoms with Crippen LogP contribution < -0.4 is 15.4 Å². The maximum Gasteiger partial charge on any atom is 0.305 e. The van der Waals surface area contributed by atoms with Gasteiger partial charge in [0.15, 0.2) is 11.6 Å². The van der Waals surface area contributed by atoms with Crippen molar-refractivity contribution in [3.8, 4) is 6.01 Å². The number of imidazole rings is 2. The van der Waals surface area contributed by atoms with Crippen molar-refractivity contribution in [1.82, 2.24) is 23.7 Å². The summed E-state index contributed by atoms with van der Waals surface area (Å²) in [5.41, 5.74) is 0.746. The molecule has 0 spiro atoms. The van der Waals surface area contributed by atoms with Crippen LogP contribution in [-0.4, -0.2) is 42.0 Å². The number of nitrogens with one attached hydrogen (secondary N) is 2. The second-order valence-electron chi connectivity index (χ2n) is 5.73. The molecule has 2 amide bonds. The summed E-state index contributed by atoms with van der Waals surface area (Å²) in [6.07, 6.45) is 6.29. The van der Waals surface area contributed by atoms with E-state index in [0.29, 0.717) is 11.4 Å². The normalized spacial score (nSPS) is 10.5. The first-order valence-electron chi connectivity index (χ1n) is 7.79. The number of carbonyl (C=O) groups excluding carboxylic acids is 3. The highest BCUT2D eigenvalue weighted by Gasteiger charge is 2.17. The maximum atomic E-state index is 12.5. The van der Waals surface area contributed by atoms with E-state index in [1.807, 2.05) is 0 Å². The van der Waals surface area contributed by atoms with Gasteiger partial charge in [-0.05, 0) is 6.07 Å². The van der Waals surface area contributed by atoms with Crippen LogP contribution in [0.25, 0.3) is 0 Å². The van der Waals surface area contributed by atoms with E-state index in [4.69, 9.17) is 0 Å². The van der Waals surface area contributed by atoms with Gasteiger partial charge in [-0.15, -0.1) is 0 Å². The standard InChI is InChI=1S/C16H17N7O4/c1-21-5-4-17-13(21)15(26)18-10-6-11(22(2)7-10)14(25)19-12-8-23(3)16(20-12)27-9-24/h4-9H,1-3H3,(H,18,26)(H,19,25). The molecule has 0 aliphatic carbocycles.